The second kappa shape index (κ2) is 7.90. The molecule has 0 aromatic heterocycles. The van der Waals surface area contributed by atoms with Crippen molar-refractivity contribution in [2.75, 3.05) is 26.2 Å². The molecular weight excluding hydrogens is 252 g/mol. The summed E-state index contributed by atoms with van der Waals surface area (Å²) in [6.45, 7) is 5.02. The third-order valence-corrected chi connectivity index (χ3v) is 3.70. The first-order chi connectivity index (χ1) is 9.79. The molecule has 0 radical (unpaired) electrons. The minimum Gasteiger partial charge on any atom is -0.483 e. The molecule has 1 aliphatic heterocycles. The monoisotopic (exact) mass is 276 g/mol. The summed E-state index contributed by atoms with van der Waals surface area (Å²) >= 11 is 0. The highest BCUT2D eigenvalue weighted by molar-refractivity contribution is 5.77. The van der Waals surface area contributed by atoms with Crippen molar-refractivity contribution < 1.29 is 9.53 Å². The van der Waals surface area contributed by atoms with Crippen LogP contribution < -0.4 is 15.4 Å². The molecule has 1 unspecified atom stereocenters. The van der Waals surface area contributed by atoms with Crippen molar-refractivity contribution >= 4 is 5.91 Å². The Morgan fingerprint density at radius 3 is 3.05 bits per heavy atom. The molecule has 1 heterocycles. The van der Waals surface area contributed by atoms with E-state index in [9.17, 15) is 4.79 Å². The fraction of sp³-hybridized carbons (Fsp3) is 0.562. The van der Waals surface area contributed by atoms with Crippen molar-refractivity contribution in [3.63, 3.8) is 0 Å². The minimum absolute atomic E-state index is 0.0403. The van der Waals surface area contributed by atoms with Gasteiger partial charge in [0.25, 0.3) is 5.91 Å². The molecule has 0 saturated carbocycles. The first-order valence-electron chi connectivity index (χ1n) is 7.47. The van der Waals surface area contributed by atoms with E-state index in [-0.39, 0.29) is 12.5 Å². The van der Waals surface area contributed by atoms with Crippen LogP contribution in [0.3, 0.4) is 0 Å². The maximum Gasteiger partial charge on any atom is 0.257 e. The number of hydrogen-bond acceptors (Lipinski definition) is 3. The van der Waals surface area contributed by atoms with E-state index in [1.54, 1.807) is 0 Å². The third-order valence-electron chi connectivity index (χ3n) is 3.70. The van der Waals surface area contributed by atoms with Crippen LogP contribution in [0.4, 0.5) is 0 Å². The molecule has 2 N–H and O–H groups in total. The number of piperidine rings is 1. The Morgan fingerprint density at radius 1 is 1.45 bits per heavy atom. The van der Waals surface area contributed by atoms with E-state index in [0.29, 0.717) is 5.92 Å². The summed E-state index contributed by atoms with van der Waals surface area (Å²) < 4.78 is 5.60. The quantitative estimate of drug-likeness (QED) is 0.832. The maximum atomic E-state index is 11.8. The zero-order chi connectivity index (χ0) is 14.2. The number of para-hydroxylation sites is 1. The molecule has 1 atom stereocenters. The Hall–Kier alpha value is -1.55. The van der Waals surface area contributed by atoms with Gasteiger partial charge in [0.15, 0.2) is 6.61 Å². The van der Waals surface area contributed by atoms with Gasteiger partial charge in [-0.25, -0.2) is 0 Å². The SMILES string of the molecule is CCc1ccccc1OCC(=O)NCC1CCCNC1. The van der Waals surface area contributed by atoms with E-state index in [0.717, 1.165) is 37.4 Å². The van der Waals surface area contributed by atoms with E-state index in [2.05, 4.69) is 17.6 Å². The van der Waals surface area contributed by atoms with Crippen molar-refractivity contribution in [2.24, 2.45) is 5.92 Å². The van der Waals surface area contributed by atoms with Gasteiger partial charge >= 0.3 is 0 Å². The fourth-order valence-electron chi connectivity index (χ4n) is 2.49. The highest BCUT2D eigenvalue weighted by Gasteiger charge is 2.14. The van der Waals surface area contributed by atoms with Crippen LogP contribution in [-0.2, 0) is 11.2 Å². The van der Waals surface area contributed by atoms with Crippen LogP contribution in [0.25, 0.3) is 0 Å². The van der Waals surface area contributed by atoms with E-state index >= 15 is 0 Å². The number of hydrogen-bond donors (Lipinski definition) is 2. The van der Waals surface area contributed by atoms with E-state index in [1.807, 2.05) is 24.3 Å². The number of rotatable bonds is 6. The van der Waals surface area contributed by atoms with Crippen molar-refractivity contribution in [3.05, 3.63) is 29.8 Å². The summed E-state index contributed by atoms with van der Waals surface area (Å²) in [6, 6.07) is 7.86. The van der Waals surface area contributed by atoms with Gasteiger partial charge in [0.1, 0.15) is 5.75 Å². The molecule has 1 amide bonds. The maximum absolute atomic E-state index is 11.8. The number of ether oxygens (including phenoxy) is 1. The van der Waals surface area contributed by atoms with Crippen LogP contribution >= 0.6 is 0 Å². The number of carbonyl (C=O) groups is 1. The molecule has 1 aromatic carbocycles. The Bertz CT molecular complexity index is 428. The zero-order valence-corrected chi connectivity index (χ0v) is 12.2. The summed E-state index contributed by atoms with van der Waals surface area (Å²) in [4.78, 5) is 11.8. The third kappa shape index (κ3) is 4.53. The number of carbonyl (C=O) groups excluding carboxylic acids is 1. The van der Waals surface area contributed by atoms with Gasteiger partial charge in [-0.15, -0.1) is 0 Å². The highest BCUT2D eigenvalue weighted by Crippen LogP contribution is 2.17. The van der Waals surface area contributed by atoms with E-state index in [4.69, 9.17) is 4.74 Å². The van der Waals surface area contributed by atoms with Crippen LogP contribution in [0.2, 0.25) is 0 Å². The summed E-state index contributed by atoms with van der Waals surface area (Å²) in [5.74, 6) is 1.32. The highest BCUT2D eigenvalue weighted by atomic mass is 16.5. The zero-order valence-electron chi connectivity index (χ0n) is 12.2. The lowest BCUT2D eigenvalue weighted by Gasteiger charge is -2.22. The van der Waals surface area contributed by atoms with E-state index < -0.39 is 0 Å². The van der Waals surface area contributed by atoms with Crippen LogP contribution in [0.15, 0.2) is 24.3 Å². The number of nitrogens with one attached hydrogen (secondary N) is 2. The van der Waals surface area contributed by atoms with Crippen molar-refractivity contribution in [1.29, 1.82) is 0 Å². The largest absolute Gasteiger partial charge is 0.483 e. The van der Waals surface area contributed by atoms with Crippen molar-refractivity contribution in [2.45, 2.75) is 26.2 Å². The molecule has 0 spiro atoms. The lowest BCUT2D eigenvalue weighted by molar-refractivity contribution is -0.123. The molecule has 1 aliphatic rings. The Kier molecular flexibility index (Phi) is 5.87. The molecule has 1 aromatic rings. The summed E-state index contributed by atoms with van der Waals surface area (Å²) in [6.07, 6.45) is 3.29. The molecule has 110 valence electrons. The Morgan fingerprint density at radius 2 is 2.30 bits per heavy atom. The predicted molar refractivity (Wildman–Crippen MR) is 79.9 cm³/mol. The van der Waals surface area contributed by atoms with Gasteiger partial charge in [0.05, 0.1) is 0 Å². The average molecular weight is 276 g/mol. The average Bonchev–Trinajstić information content (AvgIpc) is 2.52. The molecule has 4 heteroatoms. The fourth-order valence-corrected chi connectivity index (χ4v) is 2.49. The molecule has 1 saturated heterocycles. The molecule has 4 nitrogen and oxygen atoms in total. The topological polar surface area (TPSA) is 50.4 Å². The smallest absolute Gasteiger partial charge is 0.257 e. The van der Waals surface area contributed by atoms with Crippen LogP contribution in [-0.4, -0.2) is 32.1 Å². The lowest BCUT2D eigenvalue weighted by Crippen LogP contribution is -2.39. The molecule has 2 rings (SSSR count). The van der Waals surface area contributed by atoms with Gasteiger partial charge in [-0.2, -0.15) is 0 Å². The molecule has 0 bridgehead atoms. The molecule has 0 aliphatic carbocycles. The molecule has 20 heavy (non-hydrogen) atoms. The van der Waals surface area contributed by atoms with Gasteiger partial charge in [0, 0.05) is 6.54 Å². The van der Waals surface area contributed by atoms with E-state index in [1.165, 1.54) is 12.8 Å². The van der Waals surface area contributed by atoms with Gasteiger partial charge < -0.3 is 15.4 Å². The molecule has 1 fully saturated rings. The minimum atomic E-state index is -0.0403. The first kappa shape index (κ1) is 14.9. The second-order valence-corrected chi connectivity index (χ2v) is 5.27. The van der Waals surface area contributed by atoms with Crippen LogP contribution in [0, 0.1) is 5.92 Å². The van der Waals surface area contributed by atoms with Crippen LogP contribution in [0.5, 0.6) is 5.75 Å². The van der Waals surface area contributed by atoms with Crippen LogP contribution in [0.1, 0.15) is 25.3 Å². The predicted octanol–water partition coefficient (Wildman–Crippen LogP) is 1.74. The Labute approximate surface area is 120 Å². The van der Waals surface area contributed by atoms with Gasteiger partial charge in [-0.05, 0) is 49.9 Å². The molecular formula is C16H24N2O2. The second-order valence-electron chi connectivity index (χ2n) is 5.27. The lowest BCUT2D eigenvalue weighted by atomic mass is 10.00. The summed E-state index contributed by atoms with van der Waals surface area (Å²) in [7, 11) is 0. The van der Waals surface area contributed by atoms with Gasteiger partial charge in [-0.3, -0.25) is 4.79 Å². The first-order valence-corrected chi connectivity index (χ1v) is 7.47. The summed E-state index contributed by atoms with van der Waals surface area (Å²) in [5, 5.41) is 6.31. The van der Waals surface area contributed by atoms with Crippen molar-refractivity contribution in [1.82, 2.24) is 10.6 Å². The summed E-state index contributed by atoms with van der Waals surface area (Å²) in [5.41, 5.74) is 1.14. The van der Waals surface area contributed by atoms with Gasteiger partial charge in [-0.1, -0.05) is 25.1 Å². The number of aryl methyl sites for hydroxylation is 1. The number of amides is 1. The van der Waals surface area contributed by atoms with Crippen molar-refractivity contribution in [3.8, 4) is 5.75 Å². The van der Waals surface area contributed by atoms with Gasteiger partial charge in [0.2, 0.25) is 0 Å². The normalized spacial score (nSPS) is 18.6. The Balaban J connectivity index is 1.71. The standard InChI is InChI=1S/C16H24N2O2/c1-2-14-7-3-4-8-15(14)20-12-16(19)18-11-13-6-5-9-17-10-13/h3-4,7-8,13,17H,2,5-6,9-12H2,1H3,(H,18,19). The number of benzene rings is 1.